The van der Waals surface area contributed by atoms with Crippen LogP contribution in [0, 0.1) is 0 Å². The number of para-hydroxylation sites is 5. The van der Waals surface area contributed by atoms with Gasteiger partial charge in [-0.25, -0.2) is 0 Å². The zero-order valence-corrected chi connectivity index (χ0v) is 37.4. The summed E-state index contributed by atoms with van der Waals surface area (Å²) in [6.45, 7) is 0. The van der Waals surface area contributed by atoms with Gasteiger partial charge in [-0.05, 0) is 93.2 Å². The van der Waals surface area contributed by atoms with Gasteiger partial charge in [-0.2, -0.15) is 0 Å². The quantitative estimate of drug-likeness (QED) is 0.148. The SMILES string of the molecule is c1ccc(-c2cccc3cccc(-c4ccccc4N(c4ccc(-c5cccc6c7ccccc7n(-c7ccccc7)c56)cc4)c4ccccc4-c4cccc5sc6ccccc6c45)c23)cc1. The van der Waals surface area contributed by atoms with Crippen LogP contribution in [0.3, 0.4) is 0 Å². The van der Waals surface area contributed by atoms with Crippen molar-refractivity contribution in [3.8, 4) is 50.2 Å². The summed E-state index contributed by atoms with van der Waals surface area (Å²) < 4.78 is 5.01. The minimum atomic E-state index is 1.07. The smallest absolute Gasteiger partial charge is 0.0619 e. The van der Waals surface area contributed by atoms with E-state index in [-0.39, 0.29) is 0 Å². The Morgan fingerprint density at radius 2 is 0.821 bits per heavy atom. The van der Waals surface area contributed by atoms with Gasteiger partial charge in [-0.1, -0.05) is 200 Å². The van der Waals surface area contributed by atoms with Crippen LogP contribution in [0.2, 0.25) is 0 Å². The van der Waals surface area contributed by atoms with Crippen molar-refractivity contribution in [2.75, 3.05) is 4.90 Å². The van der Waals surface area contributed by atoms with E-state index in [9.17, 15) is 0 Å². The molecule has 314 valence electrons. The van der Waals surface area contributed by atoms with Crippen LogP contribution < -0.4 is 4.90 Å². The first-order chi connectivity index (χ1) is 33.3. The molecule has 2 nitrogen and oxygen atoms in total. The van der Waals surface area contributed by atoms with Gasteiger partial charge >= 0.3 is 0 Å². The zero-order valence-electron chi connectivity index (χ0n) is 36.6. The fraction of sp³-hybridized carbons (Fsp3) is 0. The Labute approximate surface area is 393 Å². The van der Waals surface area contributed by atoms with E-state index in [4.69, 9.17) is 0 Å². The van der Waals surface area contributed by atoms with E-state index in [1.807, 2.05) is 11.3 Å². The lowest BCUT2D eigenvalue weighted by molar-refractivity contribution is 1.18. The van der Waals surface area contributed by atoms with Crippen molar-refractivity contribution >= 4 is 81.1 Å². The monoisotopic (exact) mass is 870 g/mol. The van der Waals surface area contributed by atoms with Crippen LogP contribution in [0.5, 0.6) is 0 Å². The number of hydrogen-bond acceptors (Lipinski definition) is 2. The number of rotatable bonds is 8. The lowest BCUT2D eigenvalue weighted by atomic mass is 9.90. The highest BCUT2D eigenvalue weighted by Gasteiger charge is 2.24. The second-order valence-corrected chi connectivity index (χ2v) is 18.2. The number of aromatic nitrogens is 1. The molecule has 0 spiro atoms. The third kappa shape index (κ3) is 6.47. The molecule has 0 unspecified atom stereocenters. The van der Waals surface area contributed by atoms with Crippen LogP contribution in [-0.4, -0.2) is 4.57 Å². The highest BCUT2D eigenvalue weighted by molar-refractivity contribution is 7.25. The lowest BCUT2D eigenvalue weighted by Crippen LogP contribution is -2.12. The van der Waals surface area contributed by atoms with Gasteiger partial charge in [-0.3, -0.25) is 0 Å². The van der Waals surface area contributed by atoms with Gasteiger partial charge in [-0.15, -0.1) is 11.3 Å². The van der Waals surface area contributed by atoms with Crippen molar-refractivity contribution in [1.82, 2.24) is 4.57 Å². The van der Waals surface area contributed by atoms with E-state index >= 15 is 0 Å². The molecule has 11 aromatic carbocycles. The molecule has 2 aromatic heterocycles. The molecule has 2 heterocycles. The molecule has 0 bridgehead atoms. The summed E-state index contributed by atoms with van der Waals surface area (Å²) in [5.41, 5.74) is 16.4. The molecule has 0 saturated carbocycles. The predicted octanol–water partition coefficient (Wildman–Crippen LogP) is 18.4. The second kappa shape index (κ2) is 16.2. The summed E-state index contributed by atoms with van der Waals surface area (Å²) in [6, 6.07) is 93.2. The molecule has 0 aliphatic carbocycles. The highest BCUT2D eigenvalue weighted by Crippen LogP contribution is 2.50. The number of hydrogen-bond donors (Lipinski definition) is 0. The number of nitrogens with zero attached hydrogens (tertiary/aromatic N) is 2. The maximum absolute atomic E-state index is 2.49. The van der Waals surface area contributed by atoms with Gasteiger partial charge in [0.1, 0.15) is 0 Å². The third-order valence-electron chi connectivity index (χ3n) is 13.4. The second-order valence-electron chi connectivity index (χ2n) is 17.2. The van der Waals surface area contributed by atoms with Crippen molar-refractivity contribution in [3.05, 3.63) is 255 Å². The standard InChI is InChI=1S/C64H42N2S/c1-3-19-43(20-4-1)48-29-15-21-45-22-16-31-53(62(45)48)50-25-7-11-34-57(50)65(58-35-12-8-26-51(58)54-32-18-38-61-63(54)56-28-10-14-37-60(56)67-61)47-41-39-44(40-42-47)49-30-17-33-55-52-27-9-13-36-59(52)66(64(49)55)46-23-5-2-6-24-46/h1-42H. The van der Waals surface area contributed by atoms with Gasteiger partial charge in [0.2, 0.25) is 0 Å². The molecule has 67 heavy (non-hydrogen) atoms. The molecule has 0 amide bonds. The van der Waals surface area contributed by atoms with E-state index in [0.717, 1.165) is 33.9 Å². The Morgan fingerprint density at radius 3 is 1.57 bits per heavy atom. The molecule has 13 aromatic rings. The Bertz CT molecular complexity index is 3970. The lowest BCUT2D eigenvalue weighted by Gasteiger charge is -2.30. The van der Waals surface area contributed by atoms with E-state index in [1.165, 1.54) is 86.1 Å². The van der Waals surface area contributed by atoms with E-state index in [1.54, 1.807) is 0 Å². The minimum absolute atomic E-state index is 1.07. The van der Waals surface area contributed by atoms with Crippen LogP contribution >= 0.6 is 11.3 Å². The fourth-order valence-electron chi connectivity index (χ4n) is 10.5. The first kappa shape index (κ1) is 38.9. The van der Waals surface area contributed by atoms with Gasteiger partial charge in [0.25, 0.3) is 0 Å². The zero-order chi connectivity index (χ0) is 44.3. The average molecular weight is 871 g/mol. The van der Waals surface area contributed by atoms with Gasteiger partial charge in [0.15, 0.2) is 0 Å². The van der Waals surface area contributed by atoms with Crippen molar-refractivity contribution in [2.45, 2.75) is 0 Å². The van der Waals surface area contributed by atoms with Crippen molar-refractivity contribution in [2.24, 2.45) is 0 Å². The molecule has 3 heteroatoms. The molecule has 0 atom stereocenters. The van der Waals surface area contributed by atoms with Crippen molar-refractivity contribution in [3.63, 3.8) is 0 Å². The summed E-state index contributed by atoms with van der Waals surface area (Å²) in [4.78, 5) is 2.49. The summed E-state index contributed by atoms with van der Waals surface area (Å²) in [5.74, 6) is 0. The molecule has 0 saturated heterocycles. The largest absolute Gasteiger partial charge is 0.309 e. The molecular weight excluding hydrogens is 829 g/mol. The van der Waals surface area contributed by atoms with Gasteiger partial charge in [0, 0.05) is 59.0 Å². The van der Waals surface area contributed by atoms with Crippen LogP contribution in [0.25, 0.3) is 103 Å². The van der Waals surface area contributed by atoms with E-state index in [0.29, 0.717) is 0 Å². The number of fused-ring (bicyclic) bond motifs is 7. The van der Waals surface area contributed by atoms with Crippen LogP contribution in [0.4, 0.5) is 17.1 Å². The van der Waals surface area contributed by atoms with Crippen LogP contribution in [-0.2, 0) is 0 Å². The molecule has 0 fully saturated rings. The number of thiophene rings is 1. The Kier molecular flexibility index (Phi) is 9.40. The number of anilines is 3. The first-order valence-electron chi connectivity index (χ1n) is 22.9. The fourth-order valence-corrected chi connectivity index (χ4v) is 11.6. The average Bonchev–Trinajstić information content (AvgIpc) is 3.96. The molecule has 0 aliphatic rings. The topological polar surface area (TPSA) is 8.17 Å². The molecule has 0 N–H and O–H groups in total. The minimum Gasteiger partial charge on any atom is -0.309 e. The van der Waals surface area contributed by atoms with Gasteiger partial charge < -0.3 is 9.47 Å². The van der Waals surface area contributed by atoms with Gasteiger partial charge in [0.05, 0.1) is 22.4 Å². The maximum atomic E-state index is 2.49. The van der Waals surface area contributed by atoms with Crippen molar-refractivity contribution < 1.29 is 0 Å². The number of benzene rings is 11. The molecule has 0 radical (unpaired) electrons. The molecule has 0 aliphatic heterocycles. The normalized spacial score (nSPS) is 11.6. The third-order valence-corrected chi connectivity index (χ3v) is 14.5. The summed E-state index contributed by atoms with van der Waals surface area (Å²) in [5, 5.41) is 7.52. The summed E-state index contributed by atoms with van der Waals surface area (Å²) in [7, 11) is 0. The van der Waals surface area contributed by atoms with E-state index < -0.39 is 0 Å². The summed E-state index contributed by atoms with van der Waals surface area (Å²) in [6.07, 6.45) is 0. The highest BCUT2D eigenvalue weighted by atomic mass is 32.1. The Hall–Kier alpha value is -8.50. The maximum Gasteiger partial charge on any atom is 0.0619 e. The molecular formula is C64H42N2S. The van der Waals surface area contributed by atoms with Crippen molar-refractivity contribution in [1.29, 1.82) is 0 Å². The summed E-state index contributed by atoms with van der Waals surface area (Å²) >= 11 is 1.86. The molecule has 13 rings (SSSR count). The van der Waals surface area contributed by atoms with Crippen LogP contribution in [0.15, 0.2) is 255 Å². The predicted molar refractivity (Wildman–Crippen MR) is 288 cm³/mol. The van der Waals surface area contributed by atoms with Crippen LogP contribution in [0.1, 0.15) is 0 Å². The Balaban J connectivity index is 1.05. The first-order valence-corrected chi connectivity index (χ1v) is 23.7. The van der Waals surface area contributed by atoms with E-state index in [2.05, 4.69) is 264 Å². The Morgan fingerprint density at radius 1 is 0.313 bits per heavy atom.